The zero-order chi connectivity index (χ0) is 13.8. The molecule has 1 N–H and O–H groups in total. The third-order valence-corrected chi connectivity index (χ3v) is 3.33. The van der Waals surface area contributed by atoms with Crippen LogP contribution in [0.1, 0.15) is 30.5 Å². The molecule has 0 aromatic carbocycles. The molecular formula is C13H18N4OS. The van der Waals surface area contributed by atoms with Gasteiger partial charge in [-0.3, -0.25) is 0 Å². The molecule has 0 radical (unpaired) electrons. The number of nitrogens with zero attached hydrogens (tertiary/aromatic N) is 3. The van der Waals surface area contributed by atoms with E-state index >= 15 is 0 Å². The molecule has 0 spiro atoms. The molecular weight excluding hydrogens is 260 g/mol. The average Bonchev–Trinajstić information content (AvgIpc) is 2.65. The number of rotatable bonds is 5. The smallest absolute Gasteiger partial charge is 0.262 e. The number of nitrogens with one attached hydrogen (secondary N) is 1. The minimum absolute atomic E-state index is 0.620. The number of hydrogen-bond acceptors (Lipinski definition) is 6. The van der Waals surface area contributed by atoms with E-state index in [1.54, 1.807) is 0 Å². The van der Waals surface area contributed by atoms with Gasteiger partial charge in [0.1, 0.15) is 10.8 Å². The lowest BCUT2D eigenvalue weighted by atomic mass is 10.4. The van der Waals surface area contributed by atoms with Crippen LogP contribution in [0.5, 0.6) is 0 Å². The summed E-state index contributed by atoms with van der Waals surface area (Å²) in [6, 6.07) is 1.93. The SMILES string of the molecule is CCCNc1nc(C)cc(Sc2nc(C)c(C)o2)n1. The van der Waals surface area contributed by atoms with Gasteiger partial charge < -0.3 is 9.73 Å². The van der Waals surface area contributed by atoms with Crippen LogP contribution < -0.4 is 5.32 Å². The summed E-state index contributed by atoms with van der Waals surface area (Å²) >= 11 is 1.42. The summed E-state index contributed by atoms with van der Waals surface area (Å²) in [6.07, 6.45) is 1.04. The molecule has 5 nitrogen and oxygen atoms in total. The molecule has 0 amide bonds. The van der Waals surface area contributed by atoms with Gasteiger partial charge >= 0.3 is 0 Å². The predicted octanol–water partition coefficient (Wildman–Crippen LogP) is 3.36. The molecule has 0 fully saturated rings. The maximum absolute atomic E-state index is 5.55. The Hall–Kier alpha value is -1.56. The van der Waals surface area contributed by atoms with Gasteiger partial charge in [0, 0.05) is 12.2 Å². The van der Waals surface area contributed by atoms with Gasteiger partial charge in [-0.25, -0.2) is 15.0 Å². The van der Waals surface area contributed by atoms with Crippen LogP contribution in [0, 0.1) is 20.8 Å². The maximum Gasteiger partial charge on any atom is 0.262 e. The predicted molar refractivity (Wildman–Crippen MR) is 75.6 cm³/mol. The molecule has 2 aromatic rings. The highest BCUT2D eigenvalue weighted by atomic mass is 32.2. The monoisotopic (exact) mass is 278 g/mol. The summed E-state index contributed by atoms with van der Waals surface area (Å²) in [7, 11) is 0. The van der Waals surface area contributed by atoms with Gasteiger partial charge in [-0.2, -0.15) is 0 Å². The molecule has 102 valence electrons. The van der Waals surface area contributed by atoms with Gasteiger partial charge in [-0.05, 0) is 45.0 Å². The molecule has 19 heavy (non-hydrogen) atoms. The van der Waals surface area contributed by atoms with Crippen LogP contribution in [-0.4, -0.2) is 21.5 Å². The molecule has 0 saturated heterocycles. The third-order valence-electron chi connectivity index (χ3n) is 2.56. The Labute approximate surface area is 117 Å². The first-order valence-electron chi connectivity index (χ1n) is 6.30. The van der Waals surface area contributed by atoms with E-state index in [1.165, 1.54) is 11.8 Å². The summed E-state index contributed by atoms with van der Waals surface area (Å²) < 4.78 is 5.55. The second-order valence-corrected chi connectivity index (χ2v) is 5.29. The summed E-state index contributed by atoms with van der Waals surface area (Å²) in [4.78, 5) is 13.1. The highest BCUT2D eigenvalue weighted by Gasteiger charge is 2.10. The number of hydrogen-bond donors (Lipinski definition) is 1. The number of aryl methyl sites for hydroxylation is 3. The highest BCUT2D eigenvalue weighted by Crippen LogP contribution is 2.27. The van der Waals surface area contributed by atoms with Crippen molar-refractivity contribution in [2.75, 3.05) is 11.9 Å². The van der Waals surface area contributed by atoms with Crippen LogP contribution in [0.2, 0.25) is 0 Å². The molecule has 0 saturated carbocycles. The van der Waals surface area contributed by atoms with Gasteiger partial charge in [0.15, 0.2) is 0 Å². The maximum atomic E-state index is 5.55. The van der Waals surface area contributed by atoms with Crippen LogP contribution in [0.4, 0.5) is 5.95 Å². The van der Waals surface area contributed by atoms with Crippen LogP contribution >= 0.6 is 11.8 Å². The molecule has 0 aliphatic carbocycles. The van der Waals surface area contributed by atoms with E-state index in [1.807, 2.05) is 26.8 Å². The van der Waals surface area contributed by atoms with E-state index in [2.05, 4.69) is 27.2 Å². The summed E-state index contributed by atoms with van der Waals surface area (Å²) in [5.74, 6) is 1.50. The molecule has 6 heteroatoms. The van der Waals surface area contributed by atoms with Crippen molar-refractivity contribution >= 4 is 17.7 Å². The molecule has 0 bridgehead atoms. The molecule has 2 rings (SSSR count). The largest absolute Gasteiger partial charge is 0.436 e. The van der Waals surface area contributed by atoms with Gasteiger partial charge in [0.05, 0.1) is 5.69 Å². The topological polar surface area (TPSA) is 63.8 Å². The van der Waals surface area contributed by atoms with Crippen molar-refractivity contribution in [3.63, 3.8) is 0 Å². The van der Waals surface area contributed by atoms with Crippen molar-refractivity contribution in [3.8, 4) is 0 Å². The first-order valence-corrected chi connectivity index (χ1v) is 7.11. The van der Waals surface area contributed by atoms with Gasteiger partial charge in [0.2, 0.25) is 5.95 Å². The van der Waals surface area contributed by atoms with Crippen LogP contribution in [0.25, 0.3) is 0 Å². The van der Waals surface area contributed by atoms with Gasteiger partial charge in [-0.1, -0.05) is 6.92 Å². The van der Waals surface area contributed by atoms with Gasteiger partial charge in [-0.15, -0.1) is 0 Å². The molecule has 2 heterocycles. The fourth-order valence-electron chi connectivity index (χ4n) is 1.48. The number of aromatic nitrogens is 3. The Kier molecular flexibility index (Phi) is 4.42. The Morgan fingerprint density at radius 2 is 2.00 bits per heavy atom. The first kappa shape index (κ1) is 13.9. The Morgan fingerprint density at radius 1 is 1.21 bits per heavy atom. The lowest BCUT2D eigenvalue weighted by Crippen LogP contribution is -2.05. The van der Waals surface area contributed by atoms with E-state index in [4.69, 9.17) is 4.42 Å². The normalized spacial score (nSPS) is 10.7. The van der Waals surface area contributed by atoms with Crippen LogP contribution in [0.3, 0.4) is 0 Å². The van der Waals surface area contributed by atoms with Crippen molar-refractivity contribution in [3.05, 3.63) is 23.2 Å². The van der Waals surface area contributed by atoms with Crippen molar-refractivity contribution in [1.82, 2.24) is 15.0 Å². The first-order chi connectivity index (χ1) is 9.08. The summed E-state index contributed by atoms with van der Waals surface area (Å²) in [5, 5.41) is 4.65. The second kappa shape index (κ2) is 6.06. The number of oxazole rings is 1. The van der Waals surface area contributed by atoms with Crippen molar-refractivity contribution in [2.24, 2.45) is 0 Å². The van der Waals surface area contributed by atoms with E-state index in [0.717, 1.165) is 35.1 Å². The quantitative estimate of drug-likeness (QED) is 0.846. The van der Waals surface area contributed by atoms with Crippen molar-refractivity contribution in [1.29, 1.82) is 0 Å². The van der Waals surface area contributed by atoms with Crippen molar-refractivity contribution in [2.45, 2.75) is 44.4 Å². The second-order valence-electron chi connectivity index (χ2n) is 4.32. The Morgan fingerprint density at radius 3 is 2.63 bits per heavy atom. The van der Waals surface area contributed by atoms with Gasteiger partial charge in [0.25, 0.3) is 5.22 Å². The Bertz CT molecular complexity index is 548. The molecule has 0 aliphatic heterocycles. The minimum atomic E-state index is 0.620. The Balaban J connectivity index is 2.17. The highest BCUT2D eigenvalue weighted by molar-refractivity contribution is 7.99. The zero-order valence-electron chi connectivity index (χ0n) is 11.6. The number of anilines is 1. The molecule has 0 aliphatic rings. The molecule has 2 aromatic heterocycles. The molecule has 0 atom stereocenters. The fourth-order valence-corrected chi connectivity index (χ4v) is 2.37. The van der Waals surface area contributed by atoms with Crippen LogP contribution in [-0.2, 0) is 0 Å². The van der Waals surface area contributed by atoms with Crippen molar-refractivity contribution < 1.29 is 4.42 Å². The summed E-state index contributed by atoms with van der Waals surface area (Å²) in [6.45, 7) is 8.77. The average molecular weight is 278 g/mol. The van der Waals surface area contributed by atoms with E-state index in [-0.39, 0.29) is 0 Å². The van der Waals surface area contributed by atoms with Crippen LogP contribution in [0.15, 0.2) is 20.7 Å². The fraction of sp³-hybridized carbons (Fsp3) is 0.462. The van der Waals surface area contributed by atoms with E-state index in [9.17, 15) is 0 Å². The molecule has 0 unspecified atom stereocenters. The standard InChI is InChI=1S/C13H18N4OS/c1-5-6-14-12-15-8(2)7-11(17-12)19-13-16-9(3)10(4)18-13/h7H,5-6H2,1-4H3,(H,14,15,17). The minimum Gasteiger partial charge on any atom is -0.436 e. The van der Waals surface area contributed by atoms with E-state index < -0.39 is 0 Å². The third kappa shape index (κ3) is 3.70. The zero-order valence-corrected chi connectivity index (χ0v) is 12.5. The lowest BCUT2D eigenvalue weighted by molar-refractivity contribution is 0.431. The van der Waals surface area contributed by atoms with E-state index in [0.29, 0.717) is 11.2 Å². The lowest BCUT2D eigenvalue weighted by Gasteiger charge is -2.05. The summed E-state index contributed by atoms with van der Waals surface area (Å²) in [5.41, 5.74) is 1.84.